The number of hydrogen-bond acceptors (Lipinski definition) is 1. The van der Waals surface area contributed by atoms with Gasteiger partial charge in [-0.15, -0.1) is 0 Å². The van der Waals surface area contributed by atoms with Crippen LogP contribution in [0, 0.1) is 0 Å². The second-order valence-electron chi connectivity index (χ2n) is 5.24. The molecule has 2 aliphatic rings. The Kier molecular flexibility index (Phi) is 4.03. The highest BCUT2D eigenvalue weighted by atomic mass is 16.2. The highest BCUT2D eigenvalue weighted by molar-refractivity contribution is 5.76. The SMILES string of the molecule is C/C1=C/CCCCC(=O)N2CCCCC2C1. The summed E-state index contributed by atoms with van der Waals surface area (Å²) in [5, 5.41) is 0. The largest absolute Gasteiger partial charge is 0.339 e. The number of carbonyl (C=O) groups excluding carboxylic acids is 1. The Hall–Kier alpha value is -0.790. The minimum Gasteiger partial charge on any atom is -0.339 e. The Morgan fingerprint density at radius 2 is 2.12 bits per heavy atom. The normalized spacial score (nSPS) is 31.6. The third kappa shape index (κ3) is 2.87. The molecule has 0 aromatic rings. The lowest BCUT2D eigenvalue weighted by atomic mass is 9.94. The van der Waals surface area contributed by atoms with E-state index in [0.717, 1.165) is 32.2 Å². The smallest absolute Gasteiger partial charge is 0.222 e. The Balaban J connectivity index is 2.10. The van der Waals surface area contributed by atoms with Crippen LogP contribution in [0.5, 0.6) is 0 Å². The first-order valence-electron chi connectivity index (χ1n) is 6.72. The molecule has 2 heterocycles. The van der Waals surface area contributed by atoms with Gasteiger partial charge in [0.2, 0.25) is 5.91 Å². The quantitative estimate of drug-likeness (QED) is 0.575. The molecule has 2 aliphatic heterocycles. The number of allylic oxidation sites excluding steroid dienone is 1. The minimum atomic E-state index is 0.402. The molecule has 2 nitrogen and oxygen atoms in total. The van der Waals surface area contributed by atoms with Gasteiger partial charge in [-0.05, 0) is 51.9 Å². The van der Waals surface area contributed by atoms with Crippen LogP contribution in [0.2, 0.25) is 0 Å². The fourth-order valence-corrected chi connectivity index (χ4v) is 2.91. The Morgan fingerprint density at radius 3 is 3.00 bits per heavy atom. The van der Waals surface area contributed by atoms with Crippen LogP contribution < -0.4 is 0 Å². The van der Waals surface area contributed by atoms with Gasteiger partial charge in [0.05, 0.1) is 0 Å². The molecule has 0 aliphatic carbocycles. The fourth-order valence-electron chi connectivity index (χ4n) is 2.91. The van der Waals surface area contributed by atoms with Gasteiger partial charge >= 0.3 is 0 Å². The summed E-state index contributed by atoms with van der Waals surface area (Å²) in [7, 11) is 0. The first-order chi connectivity index (χ1) is 7.77. The highest BCUT2D eigenvalue weighted by Crippen LogP contribution is 2.25. The standard InChI is InChI=1S/C14H23NO/c1-12-7-3-2-4-9-14(16)15-10-6-5-8-13(15)11-12/h7,13H,2-6,8-11H2,1H3/b12-7-. The first-order valence-corrected chi connectivity index (χ1v) is 6.72. The second-order valence-corrected chi connectivity index (χ2v) is 5.24. The van der Waals surface area contributed by atoms with Crippen LogP contribution in [0.25, 0.3) is 0 Å². The predicted octanol–water partition coefficient (Wildman–Crippen LogP) is 3.28. The van der Waals surface area contributed by atoms with Gasteiger partial charge < -0.3 is 4.90 Å². The van der Waals surface area contributed by atoms with Gasteiger partial charge in [-0.3, -0.25) is 4.79 Å². The molecule has 1 unspecified atom stereocenters. The van der Waals surface area contributed by atoms with Crippen molar-refractivity contribution >= 4 is 5.91 Å². The number of fused-ring (bicyclic) bond motifs is 1. The molecule has 1 fully saturated rings. The summed E-state index contributed by atoms with van der Waals surface area (Å²) in [6, 6.07) is 0.496. The molecule has 16 heavy (non-hydrogen) atoms. The summed E-state index contributed by atoms with van der Waals surface area (Å²) in [6.07, 6.45) is 11.3. The summed E-state index contributed by atoms with van der Waals surface area (Å²) < 4.78 is 0. The monoisotopic (exact) mass is 221 g/mol. The van der Waals surface area contributed by atoms with Crippen molar-refractivity contribution in [3.05, 3.63) is 11.6 Å². The van der Waals surface area contributed by atoms with E-state index in [9.17, 15) is 4.79 Å². The van der Waals surface area contributed by atoms with Gasteiger partial charge in [-0.1, -0.05) is 11.6 Å². The summed E-state index contributed by atoms with van der Waals surface area (Å²) >= 11 is 0. The summed E-state index contributed by atoms with van der Waals surface area (Å²) in [4.78, 5) is 14.2. The molecule has 0 saturated carbocycles. The topological polar surface area (TPSA) is 20.3 Å². The van der Waals surface area contributed by atoms with Crippen molar-refractivity contribution in [2.24, 2.45) is 0 Å². The van der Waals surface area contributed by atoms with Crippen molar-refractivity contribution in [1.82, 2.24) is 4.90 Å². The third-order valence-electron chi connectivity index (χ3n) is 3.84. The number of carbonyl (C=O) groups is 1. The molecule has 2 heteroatoms. The molecular weight excluding hydrogens is 198 g/mol. The van der Waals surface area contributed by atoms with E-state index in [2.05, 4.69) is 17.9 Å². The maximum Gasteiger partial charge on any atom is 0.222 e. The lowest BCUT2D eigenvalue weighted by Gasteiger charge is -2.36. The van der Waals surface area contributed by atoms with Crippen LogP contribution in [-0.2, 0) is 4.79 Å². The molecule has 0 aromatic heterocycles. The minimum absolute atomic E-state index is 0.402. The molecule has 90 valence electrons. The van der Waals surface area contributed by atoms with E-state index >= 15 is 0 Å². The number of amides is 1. The van der Waals surface area contributed by atoms with E-state index in [0.29, 0.717) is 11.9 Å². The van der Waals surface area contributed by atoms with Crippen LogP contribution in [0.15, 0.2) is 11.6 Å². The lowest BCUT2D eigenvalue weighted by molar-refractivity contribution is -0.135. The van der Waals surface area contributed by atoms with Crippen LogP contribution in [0.4, 0.5) is 0 Å². The van der Waals surface area contributed by atoms with Crippen molar-refractivity contribution in [1.29, 1.82) is 0 Å². The van der Waals surface area contributed by atoms with Gasteiger partial charge in [0.25, 0.3) is 0 Å². The molecule has 1 atom stereocenters. The number of rotatable bonds is 0. The third-order valence-corrected chi connectivity index (χ3v) is 3.84. The molecule has 1 amide bonds. The second kappa shape index (κ2) is 5.51. The zero-order valence-electron chi connectivity index (χ0n) is 10.4. The molecule has 0 N–H and O–H groups in total. The summed E-state index contributed by atoms with van der Waals surface area (Å²) in [5.74, 6) is 0.402. The van der Waals surface area contributed by atoms with E-state index in [-0.39, 0.29) is 0 Å². The van der Waals surface area contributed by atoms with Crippen molar-refractivity contribution in [3.8, 4) is 0 Å². The number of hydrogen-bond donors (Lipinski definition) is 0. The lowest BCUT2D eigenvalue weighted by Crippen LogP contribution is -2.43. The van der Waals surface area contributed by atoms with Crippen LogP contribution in [0.3, 0.4) is 0 Å². The van der Waals surface area contributed by atoms with Gasteiger partial charge in [-0.25, -0.2) is 0 Å². The van der Waals surface area contributed by atoms with E-state index in [1.165, 1.54) is 31.3 Å². The fraction of sp³-hybridized carbons (Fsp3) is 0.786. The maximum absolute atomic E-state index is 12.1. The van der Waals surface area contributed by atoms with Gasteiger partial charge in [-0.2, -0.15) is 0 Å². The van der Waals surface area contributed by atoms with Crippen molar-refractivity contribution in [3.63, 3.8) is 0 Å². The zero-order chi connectivity index (χ0) is 11.4. The molecular formula is C14H23NO. The average molecular weight is 221 g/mol. The zero-order valence-corrected chi connectivity index (χ0v) is 10.4. The summed E-state index contributed by atoms with van der Waals surface area (Å²) in [6.45, 7) is 3.22. The van der Waals surface area contributed by atoms with Crippen LogP contribution in [-0.4, -0.2) is 23.4 Å². The predicted molar refractivity (Wildman–Crippen MR) is 66.2 cm³/mol. The van der Waals surface area contributed by atoms with E-state index in [1.807, 2.05) is 0 Å². The van der Waals surface area contributed by atoms with Gasteiger partial charge in [0, 0.05) is 19.0 Å². The Bertz CT molecular complexity index is 282. The van der Waals surface area contributed by atoms with Crippen molar-refractivity contribution < 1.29 is 4.79 Å². The van der Waals surface area contributed by atoms with Crippen molar-refractivity contribution in [2.45, 2.75) is 64.3 Å². The molecule has 1 saturated heterocycles. The number of nitrogens with zero attached hydrogens (tertiary/aromatic N) is 1. The van der Waals surface area contributed by atoms with Crippen LogP contribution in [0.1, 0.15) is 58.3 Å². The van der Waals surface area contributed by atoms with Gasteiger partial charge in [0.1, 0.15) is 0 Å². The first kappa shape index (κ1) is 11.7. The average Bonchev–Trinajstić information content (AvgIpc) is 2.28. The Morgan fingerprint density at radius 1 is 1.25 bits per heavy atom. The van der Waals surface area contributed by atoms with Crippen molar-refractivity contribution in [2.75, 3.05) is 6.54 Å². The van der Waals surface area contributed by atoms with Crippen LogP contribution >= 0.6 is 0 Å². The molecule has 0 bridgehead atoms. The molecule has 0 aromatic carbocycles. The molecule has 2 rings (SSSR count). The van der Waals surface area contributed by atoms with E-state index in [1.54, 1.807) is 0 Å². The molecule has 0 spiro atoms. The number of piperidine rings is 1. The van der Waals surface area contributed by atoms with E-state index in [4.69, 9.17) is 0 Å². The molecule has 0 radical (unpaired) electrons. The van der Waals surface area contributed by atoms with Gasteiger partial charge in [0.15, 0.2) is 0 Å². The van der Waals surface area contributed by atoms with E-state index < -0.39 is 0 Å². The highest BCUT2D eigenvalue weighted by Gasteiger charge is 2.26. The summed E-state index contributed by atoms with van der Waals surface area (Å²) in [5.41, 5.74) is 1.48. The maximum atomic E-state index is 12.1. The Labute approximate surface area is 98.7 Å².